The lowest BCUT2D eigenvalue weighted by atomic mass is 10.0. The van der Waals surface area contributed by atoms with Crippen molar-refractivity contribution in [1.82, 2.24) is 25.1 Å². The molecule has 1 fully saturated rings. The lowest BCUT2D eigenvalue weighted by Gasteiger charge is -2.32. The molecule has 1 N–H and O–H groups in total. The Morgan fingerprint density at radius 1 is 1.31 bits per heavy atom. The summed E-state index contributed by atoms with van der Waals surface area (Å²) < 4.78 is 11.0. The summed E-state index contributed by atoms with van der Waals surface area (Å²) in [4.78, 5) is 18.6. The molecule has 0 radical (unpaired) electrons. The van der Waals surface area contributed by atoms with Crippen molar-refractivity contribution in [3.8, 4) is 17.2 Å². The number of benzene rings is 1. The summed E-state index contributed by atoms with van der Waals surface area (Å²) in [6.45, 7) is 3.51. The second-order valence-corrected chi connectivity index (χ2v) is 6.79. The molecule has 4 aromatic rings. The summed E-state index contributed by atoms with van der Waals surface area (Å²) in [6.07, 6.45) is 3.16. The predicted molar refractivity (Wildman–Crippen MR) is 104 cm³/mol. The van der Waals surface area contributed by atoms with Crippen molar-refractivity contribution < 1.29 is 9.26 Å². The number of H-pyrrole nitrogens is 1. The minimum Gasteiger partial charge on any atom is -0.366 e. The lowest BCUT2D eigenvalue weighted by Crippen LogP contribution is -2.39. The average molecular weight is 387 g/mol. The van der Waals surface area contributed by atoms with Gasteiger partial charge in [-0.05, 0) is 17.7 Å². The van der Waals surface area contributed by atoms with Crippen LogP contribution < -0.4 is 4.90 Å². The number of aryl methyl sites for hydroxylation is 1. The molecule has 1 aromatic carbocycles. The van der Waals surface area contributed by atoms with Crippen LogP contribution >= 0.6 is 0 Å². The van der Waals surface area contributed by atoms with Gasteiger partial charge in [0.1, 0.15) is 23.9 Å². The van der Waals surface area contributed by atoms with Gasteiger partial charge < -0.3 is 19.1 Å². The topological polar surface area (TPSA) is 117 Å². The summed E-state index contributed by atoms with van der Waals surface area (Å²) in [5.74, 6) is 1.85. The maximum Gasteiger partial charge on any atom is 0.223 e. The molecule has 1 aliphatic heterocycles. The second kappa shape index (κ2) is 7.00. The van der Waals surface area contributed by atoms with Gasteiger partial charge in [-0.15, -0.1) is 0 Å². The molecule has 0 aliphatic carbocycles. The van der Waals surface area contributed by atoms with Crippen LogP contribution in [0.3, 0.4) is 0 Å². The zero-order chi connectivity index (χ0) is 19.8. The van der Waals surface area contributed by atoms with Crippen LogP contribution in [0.5, 0.6) is 0 Å². The number of aromatic amines is 1. The van der Waals surface area contributed by atoms with Gasteiger partial charge >= 0.3 is 0 Å². The fraction of sp³-hybridized carbons (Fsp3) is 0.250. The number of nitrogens with zero attached hydrogens (tertiary/aromatic N) is 6. The first-order valence-corrected chi connectivity index (χ1v) is 9.22. The van der Waals surface area contributed by atoms with Crippen LogP contribution in [0.4, 0.5) is 5.82 Å². The smallest absolute Gasteiger partial charge is 0.223 e. The van der Waals surface area contributed by atoms with Crippen LogP contribution in [-0.2, 0) is 4.74 Å². The monoisotopic (exact) mass is 387 g/mol. The van der Waals surface area contributed by atoms with Crippen LogP contribution in [0.15, 0.2) is 41.3 Å². The highest BCUT2D eigenvalue weighted by Crippen LogP contribution is 2.35. The molecule has 0 saturated carbocycles. The van der Waals surface area contributed by atoms with Gasteiger partial charge in [-0.2, -0.15) is 10.2 Å². The minimum atomic E-state index is -0.296. The predicted octanol–water partition coefficient (Wildman–Crippen LogP) is 2.77. The van der Waals surface area contributed by atoms with Gasteiger partial charge in [-0.25, -0.2) is 9.97 Å². The van der Waals surface area contributed by atoms with Gasteiger partial charge in [0.05, 0.1) is 30.2 Å². The summed E-state index contributed by atoms with van der Waals surface area (Å²) in [6, 6.07) is 9.69. The highest BCUT2D eigenvalue weighted by molar-refractivity contribution is 6.01. The fourth-order valence-electron chi connectivity index (χ4n) is 3.61. The largest absolute Gasteiger partial charge is 0.366 e. The molecule has 5 rings (SSSR count). The van der Waals surface area contributed by atoms with E-state index in [0.717, 1.165) is 28.0 Å². The Morgan fingerprint density at radius 3 is 3.07 bits per heavy atom. The standard InChI is InChI=1S/C20H17N7O2/c1-12-25-18(26-29-12)16-10-27(5-6-28-16)20-17-15(9-22-19(17)23-11-24-20)14-4-2-3-13(7-14)8-21/h2-4,7,9,11,16H,5-6,10H2,1H3,(H,22,23,24)/t16-/m1/s1. The SMILES string of the molecule is Cc1nc([C@H]2CN(c3ncnc4[nH]cc(-c5cccc(C#N)c5)c34)CCO2)no1. The number of ether oxygens (including phenoxy) is 1. The molecule has 0 spiro atoms. The van der Waals surface area contributed by atoms with E-state index in [0.29, 0.717) is 37.0 Å². The fourth-order valence-corrected chi connectivity index (χ4v) is 3.61. The molecule has 1 atom stereocenters. The van der Waals surface area contributed by atoms with Gasteiger partial charge in [-0.3, -0.25) is 0 Å². The van der Waals surface area contributed by atoms with Crippen molar-refractivity contribution in [2.75, 3.05) is 24.6 Å². The van der Waals surface area contributed by atoms with E-state index >= 15 is 0 Å². The van der Waals surface area contributed by atoms with Crippen LogP contribution in [-0.4, -0.2) is 44.8 Å². The van der Waals surface area contributed by atoms with Crippen LogP contribution in [0.1, 0.15) is 23.4 Å². The Kier molecular flexibility index (Phi) is 4.18. The zero-order valence-electron chi connectivity index (χ0n) is 15.7. The summed E-state index contributed by atoms with van der Waals surface area (Å²) in [5.41, 5.74) is 3.23. The molecule has 1 saturated heterocycles. The van der Waals surface area contributed by atoms with E-state index < -0.39 is 0 Å². The van der Waals surface area contributed by atoms with Gasteiger partial charge in [0.25, 0.3) is 0 Å². The summed E-state index contributed by atoms with van der Waals surface area (Å²) >= 11 is 0. The number of aromatic nitrogens is 5. The maximum absolute atomic E-state index is 9.25. The zero-order valence-corrected chi connectivity index (χ0v) is 15.7. The number of fused-ring (bicyclic) bond motifs is 1. The van der Waals surface area contributed by atoms with Crippen molar-refractivity contribution in [3.63, 3.8) is 0 Å². The van der Waals surface area contributed by atoms with E-state index in [1.165, 1.54) is 0 Å². The third-order valence-electron chi connectivity index (χ3n) is 4.95. The van der Waals surface area contributed by atoms with Crippen molar-refractivity contribution in [1.29, 1.82) is 5.26 Å². The van der Waals surface area contributed by atoms with Crippen molar-refractivity contribution >= 4 is 16.9 Å². The molecule has 0 bridgehead atoms. The number of rotatable bonds is 3. The molecule has 1 aliphatic rings. The van der Waals surface area contributed by atoms with Crippen LogP contribution in [0.25, 0.3) is 22.2 Å². The maximum atomic E-state index is 9.25. The molecule has 0 unspecified atom stereocenters. The van der Waals surface area contributed by atoms with E-state index in [1.807, 2.05) is 24.4 Å². The number of nitrogens with one attached hydrogen (secondary N) is 1. The quantitative estimate of drug-likeness (QED) is 0.570. The molecule has 9 nitrogen and oxygen atoms in total. The summed E-state index contributed by atoms with van der Waals surface area (Å²) in [7, 11) is 0. The summed E-state index contributed by atoms with van der Waals surface area (Å²) in [5, 5.41) is 14.2. The average Bonchev–Trinajstić information content (AvgIpc) is 3.40. The van der Waals surface area contributed by atoms with Crippen LogP contribution in [0.2, 0.25) is 0 Å². The van der Waals surface area contributed by atoms with E-state index in [-0.39, 0.29) is 6.10 Å². The van der Waals surface area contributed by atoms with Gasteiger partial charge in [0, 0.05) is 25.2 Å². The van der Waals surface area contributed by atoms with Gasteiger partial charge in [0.2, 0.25) is 11.7 Å². The van der Waals surface area contributed by atoms with Crippen LogP contribution in [0, 0.1) is 18.3 Å². The first-order valence-electron chi connectivity index (χ1n) is 9.22. The molecule has 3 aromatic heterocycles. The Morgan fingerprint density at radius 2 is 2.24 bits per heavy atom. The molecule has 4 heterocycles. The molecular weight excluding hydrogens is 370 g/mol. The van der Waals surface area contributed by atoms with Gasteiger partial charge in [-0.1, -0.05) is 17.3 Å². The number of anilines is 1. The third-order valence-corrected chi connectivity index (χ3v) is 4.95. The Balaban J connectivity index is 1.56. The second-order valence-electron chi connectivity index (χ2n) is 6.79. The van der Waals surface area contributed by atoms with Crippen molar-refractivity contribution in [3.05, 3.63) is 54.1 Å². The van der Waals surface area contributed by atoms with E-state index in [9.17, 15) is 5.26 Å². The van der Waals surface area contributed by atoms with Gasteiger partial charge in [0.15, 0.2) is 0 Å². The molecule has 0 amide bonds. The van der Waals surface area contributed by atoms with Crippen molar-refractivity contribution in [2.24, 2.45) is 0 Å². The lowest BCUT2D eigenvalue weighted by molar-refractivity contribution is 0.0324. The minimum absolute atomic E-state index is 0.296. The molecule has 144 valence electrons. The molecule has 9 heteroatoms. The number of hydrogen-bond acceptors (Lipinski definition) is 8. The molecule has 29 heavy (non-hydrogen) atoms. The molecular formula is C20H17N7O2. The van der Waals surface area contributed by atoms with E-state index in [1.54, 1.807) is 19.3 Å². The Labute approximate surface area is 166 Å². The number of hydrogen-bond donors (Lipinski definition) is 1. The third kappa shape index (κ3) is 3.09. The normalized spacial score (nSPS) is 16.8. The number of nitriles is 1. The highest BCUT2D eigenvalue weighted by atomic mass is 16.5. The van der Waals surface area contributed by atoms with E-state index in [4.69, 9.17) is 9.26 Å². The Bertz CT molecular complexity index is 1220. The first kappa shape index (κ1) is 17.3. The number of morpholine rings is 1. The van der Waals surface area contributed by atoms with Crippen molar-refractivity contribution in [2.45, 2.75) is 13.0 Å². The highest BCUT2D eigenvalue weighted by Gasteiger charge is 2.28. The van der Waals surface area contributed by atoms with E-state index in [2.05, 4.69) is 36.1 Å². The Hall–Kier alpha value is -3.77. The first-order chi connectivity index (χ1) is 14.2.